The zero-order chi connectivity index (χ0) is 14.0. The zero-order valence-corrected chi connectivity index (χ0v) is 13.4. The third kappa shape index (κ3) is 3.40. The van der Waals surface area contributed by atoms with Gasteiger partial charge in [-0.2, -0.15) is 0 Å². The Kier molecular flexibility index (Phi) is 4.03. The van der Waals surface area contributed by atoms with E-state index in [0.717, 1.165) is 11.3 Å². The number of aromatic amines is 1. The third-order valence-electron chi connectivity index (χ3n) is 2.72. The first-order valence-corrected chi connectivity index (χ1v) is 7.14. The lowest BCUT2D eigenvalue weighted by atomic mass is 9.92. The zero-order valence-electron chi connectivity index (χ0n) is 11.2. The van der Waals surface area contributed by atoms with Gasteiger partial charge in [-0.3, -0.25) is 9.78 Å². The molecule has 0 amide bonds. The molecule has 0 atom stereocenters. The normalized spacial score (nSPS) is 11.6. The summed E-state index contributed by atoms with van der Waals surface area (Å²) in [5.41, 5.74) is 1.66. The molecule has 5 heteroatoms. The average Bonchev–Trinajstić information content (AvgIpc) is 2.33. The Morgan fingerprint density at radius 3 is 2.68 bits per heavy atom. The standard InChI is InChI=1S/C14H16IN3O/c1-14(2,3)12-11(15)13(19)18-10(17-12)7-9-5-4-6-16-8-9/h4-6,8H,7H2,1-3H3,(H,17,18,19). The second-order valence-electron chi connectivity index (χ2n) is 5.46. The molecule has 100 valence electrons. The number of H-pyrrole nitrogens is 1. The van der Waals surface area contributed by atoms with Crippen LogP contribution in [0.5, 0.6) is 0 Å². The molecule has 0 aliphatic heterocycles. The van der Waals surface area contributed by atoms with Crippen molar-refractivity contribution in [3.8, 4) is 0 Å². The fourth-order valence-electron chi connectivity index (χ4n) is 1.78. The summed E-state index contributed by atoms with van der Waals surface area (Å²) in [6.45, 7) is 6.18. The number of pyridine rings is 1. The van der Waals surface area contributed by atoms with Crippen molar-refractivity contribution in [1.29, 1.82) is 0 Å². The van der Waals surface area contributed by atoms with E-state index in [1.165, 1.54) is 0 Å². The molecule has 0 aliphatic rings. The monoisotopic (exact) mass is 369 g/mol. The van der Waals surface area contributed by atoms with Gasteiger partial charge in [0, 0.05) is 24.2 Å². The molecular weight excluding hydrogens is 353 g/mol. The number of nitrogens with zero attached hydrogens (tertiary/aromatic N) is 2. The Morgan fingerprint density at radius 1 is 1.37 bits per heavy atom. The summed E-state index contributed by atoms with van der Waals surface area (Å²) in [4.78, 5) is 23.5. The fraction of sp³-hybridized carbons (Fsp3) is 0.357. The van der Waals surface area contributed by atoms with Gasteiger partial charge in [0.1, 0.15) is 9.39 Å². The fourth-order valence-corrected chi connectivity index (χ4v) is 2.85. The summed E-state index contributed by atoms with van der Waals surface area (Å²) >= 11 is 2.06. The van der Waals surface area contributed by atoms with Crippen molar-refractivity contribution in [2.24, 2.45) is 0 Å². The average molecular weight is 369 g/mol. The highest BCUT2D eigenvalue weighted by molar-refractivity contribution is 14.1. The van der Waals surface area contributed by atoms with Crippen LogP contribution in [0, 0.1) is 3.57 Å². The van der Waals surface area contributed by atoms with Crippen LogP contribution in [0.1, 0.15) is 37.9 Å². The molecule has 1 N–H and O–H groups in total. The van der Waals surface area contributed by atoms with E-state index in [4.69, 9.17) is 0 Å². The maximum absolute atomic E-state index is 12.0. The summed E-state index contributed by atoms with van der Waals surface area (Å²) in [7, 11) is 0. The first kappa shape index (κ1) is 14.2. The van der Waals surface area contributed by atoms with Crippen molar-refractivity contribution in [3.63, 3.8) is 0 Å². The Hall–Kier alpha value is -1.24. The van der Waals surface area contributed by atoms with Crippen LogP contribution in [0.15, 0.2) is 29.3 Å². The van der Waals surface area contributed by atoms with Gasteiger partial charge >= 0.3 is 0 Å². The van der Waals surface area contributed by atoms with Crippen LogP contribution >= 0.6 is 22.6 Å². The van der Waals surface area contributed by atoms with E-state index in [9.17, 15) is 4.79 Å². The number of aromatic nitrogens is 3. The van der Waals surface area contributed by atoms with E-state index < -0.39 is 0 Å². The van der Waals surface area contributed by atoms with Crippen LogP contribution < -0.4 is 5.56 Å². The minimum Gasteiger partial charge on any atom is -0.309 e. The van der Waals surface area contributed by atoms with Gasteiger partial charge in [-0.15, -0.1) is 0 Å². The highest BCUT2D eigenvalue weighted by Gasteiger charge is 2.21. The molecule has 2 rings (SSSR count). The summed E-state index contributed by atoms with van der Waals surface area (Å²) in [6, 6.07) is 3.85. The van der Waals surface area contributed by atoms with Crippen LogP contribution in [0.4, 0.5) is 0 Å². The molecule has 0 radical (unpaired) electrons. The first-order chi connectivity index (χ1) is 8.88. The van der Waals surface area contributed by atoms with Gasteiger partial charge in [-0.1, -0.05) is 26.8 Å². The third-order valence-corrected chi connectivity index (χ3v) is 3.72. The van der Waals surface area contributed by atoms with E-state index in [1.54, 1.807) is 12.4 Å². The molecule has 0 spiro atoms. The summed E-state index contributed by atoms with van der Waals surface area (Å²) in [5, 5.41) is 0. The predicted molar refractivity (Wildman–Crippen MR) is 83.3 cm³/mol. The van der Waals surface area contributed by atoms with E-state index in [-0.39, 0.29) is 11.0 Å². The molecular formula is C14H16IN3O. The van der Waals surface area contributed by atoms with Crippen molar-refractivity contribution >= 4 is 22.6 Å². The molecule has 0 fully saturated rings. The maximum atomic E-state index is 12.0. The van der Waals surface area contributed by atoms with Gasteiger partial charge in [0.25, 0.3) is 5.56 Å². The van der Waals surface area contributed by atoms with Crippen molar-refractivity contribution in [2.45, 2.75) is 32.6 Å². The lowest BCUT2D eigenvalue weighted by Gasteiger charge is -2.19. The molecule has 0 aromatic carbocycles. The quantitative estimate of drug-likeness (QED) is 0.829. The second-order valence-corrected chi connectivity index (χ2v) is 6.54. The van der Waals surface area contributed by atoms with Crippen molar-refractivity contribution in [1.82, 2.24) is 15.0 Å². The van der Waals surface area contributed by atoms with Crippen molar-refractivity contribution in [2.75, 3.05) is 0 Å². The van der Waals surface area contributed by atoms with Gasteiger partial charge in [-0.05, 0) is 34.2 Å². The molecule has 2 heterocycles. The number of hydrogen-bond acceptors (Lipinski definition) is 3. The van der Waals surface area contributed by atoms with Gasteiger partial charge in [0.15, 0.2) is 0 Å². The Balaban J connectivity index is 2.43. The molecule has 2 aromatic rings. The van der Waals surface area contributed by atoms with E-state index in [2.05, 4.69) is 58.3 Å². The topological polar surface area (TPSA) is 58.6 Å². The first-order valence-electron chi connectivity index (χ1n) is 6.06. The largest absolute Gasteiger partial charge is 0.309 e. The summed E-state index contributed by atoms with van der Waals surface area (Å²) in [5.74, 6) is 0.684. The minimum atomic E-state index is -0.144. The van der Waals surface area contributed by atoms with Crippen LogP contribution in [0.3, 0.4) is 0 Å². The van der Waals surface area contributed by atoms with Gasteiger partial charge in [0.05, 0.1) is 5.69 Å². The number of nitrogens with one attached hydrogen (secondary N) is 1. The van der Waals surface area contributed by atoms with Crippen LogP contribution in [0.25, 0.3) is 0 Å². The summed E-state index contributed by atoms with van der Waals surface area (Å²) < 4.78 is 0.667. The van der Waals surface area contributed by atoms with Crippen LogP contribution in [-0.4, -0.2) is 15.0 Å². The predicted octanol–water partition coefficient (Wildman–Crippen LogP) is 2.66. The second kappa shape index (κ2) is 5.40. The van der Waals surface area contributed by atoms with Gasteiger partial charge in [-0.25, -0.2) is 4.98 Å². The molecule has 0 bridgehead atoms. The highest BCUT2D eigenvalue weighted by atomic mass is 127. The van der Waals surface area contributed by atoms with Crippen molar-refractivity contribution in [3.05, 3.63) is 55.5 Å². The number of hydrogen-bond donors (Lipinski definition) is 1. The Morgan fingerprint density at radius 2 is 2.11 bits per heavy atom. The van der Waals surface area contributed by atoms with Crippen molar-refractivity contribution < 1.29 is 0 Å². The van der Waals surface area contributed by atoms with Crippen LogP contribution in [-0.2, 0) is 11.8 Å². The Bertz CT molecular complexity index is 629. The molecule has 2 aromatic heterocycles. The van der Waals surface area contributed by atoms with Gasteiger partial charge < -0.3 is 4.98 Å². The van der Waals surface area contributed by atoms with Crippen LogP contribution in [0.2, 0.25) is 0 Å². The molecule has 0 aliphatic carbocycles. The van der Waals surface area contributed by atoms with Gasteiger partial charge in [0.2, 0.25) is 0 Å². The number of halogens is 1. The number of rotatable bonds is 2. The van der Waals surface area contributed by atoms with E-state index in [0.29, 0.717) is 15.8 Å². The lowest BCUT2D eigenvalue weighted by Crippen LogP contribution is -2.25. The summed E-state index contributed by atoms with van der Waals surface area (Å²) in [6.07, 6.45) is 4.10. The minimum absolute atomic E-state index is 0.0700. The highest BCUT2D eigenvalue weighted by Crippen LogP contribution is 2.23. The molecule has 19 heavy (non-hydrogen) atoms. The molecule has 0 saturated carbocycles. The van der Waals surface area contributed by atoms with E-state index >= 15 is 0 Å². The lowest BCUT2D eigenvalue weighted by molar-refractivity contribution is 0.556. The smallest absolute Gasteiger partial charge is 0.264 e. The maximum Gasteiger partial charge on any atom is 0.264 e. The Labute approximate surface area is 125 Å². The molecule has 0 saturated heterocycles. The molecule has 4 nitrogen and oxygen atoms in total. The molecule has 0 unspecified atom stereocenters. The van der Waals surface area contributed by atoms with E-state index in [1.807, 2.05) is 12.1 Å². The SMILES string of the molecule is CC(C)(C)c1nc(Cc2cccnc2)[nH]c(=O)c1I.